The highest BCUT2D eigenvalue weighted by molar-refractivity contribution is 7.47. The lowest BCUT2D eigenvalue weighted by atomic mass is 10.00. The van der Waals surface area contributed by atoms with Crippen LogP contribution in [-0.4, -0.2) is 96.7 Å². The lowest BCUT2D eigenvalue weighted by Crippen LogP contribution is -2.30. The normalized spacial score (nSPS) is 14.3. The number of unbranched alkanes of at least 4 members (excludes halogenated alkanes) is 41. The number of aliphatic hydroxyl groups excluding tert-OH is 1. The van der Waals surface area contributed by atoms with Crippen molar-refractivity contribution in [2.24, 2.45) is 23.7 Å². The van der Waals surface area contributed by atoms with E-state index in [0.29, 0.717) is 31.6 Å². The van der Waals surface area contributed by atoms with Crippen LogP contribution < -0.4 is 0 Å². The maximum Gasteiger partial charge on any atom is 0.472 e. The molecule has 98 heavy (non-hydrogen) atoms. The van der Waals surface area contributed by atoms with Crippen LogP contribution in [0.15, 0.2) is 0 Å². The molecule has 0 rings (SSSR count). The monoisotopic (exact) mass is 1440 g/mol. The number of phosphoric ester groups is 2. The molecule has 19 heteroatoms. The molecule has 0 aromatic heterocycles. The van der Waals surface area contributed by atoms with E-state index >= 15 is 0 Å². The van der Waals surface area contributed by atoms with E-state index in [1.54, 1.807) is 0 Å². The van der Waals surface area contributed by atoms with Gasteiger partial charge >= 0.3 is 39.5 Å². The highest BCUT2D eigenvalue weighted by Gasteiger charge is 2.30. The van der Waals surface area contributed by atoms with Crippen molar-refractivity contribution in [3.8, 4) is 0 Å². The maximum absolute atomic E-state index is 13.1. The minimum absolute atomic E-state index is 0.103. The van der Waals surface area contributed by atoms with E-state index in [1.165, 1.54) is 199 Å². The zero-order valence-corrected chi connectivity index (χ0v) is 66.2. The van der Waals surface area contributed by atoms with Gasteiger partial charge in [0.25, 0.3) is 0 Å². The summed E-state index contributed by atoms with van der Waals surface area (Å²) < 4.78 is 68.6. The Hall–Kier alpha value is -1.94. The number of hydrogen-bond donors (Lipinski definition) is 3. The van der Waals surface area contributed by atoms with Crippen molar-refractivity contribution in [3.63, 3.8) is 0 Å². The minimum atomic E-state index is -4.96. The quantitative estimate of drug-likeness (QED) is 0.0222. The molecular formula is C79H154O17P2. The fourth-order valence-electron chi connectivity index (χ4n) is 12.0. The van der Waals surface area contributed by atoms with E-state index in [2.05, 4.69) is 55.4 Å². The predicted molar refractivity (Wildman–Crippen MR) is 400 cm³/mol. The Bertz CT molecular complexity index is 1920. The summed E-state index contributed by atoms with van der Waals surface area (Å²) in [5.41, 5.74) is 0. The smallest absolute Gasteiger partial charge is 0.462 e. The Morgan fingerprint density at radius 2 is 0.490 bits per heavy atom. The molecule has 0 saturated heterocycles. The van der Waals surface area contributed by atoms with Gasteiger partial charge in [-0.15, -0.1) is 0 Å². The largest absolute Gasteiger partial charge is 0.472 e. The van der Waals surface area contributed by atoms with Gasteiger partial charge in [-0.3, -0.25) is 37.3 Å². The summed E-state index contributed by atoms with van der Waals surface area (Å²) in [6.45, 7) is 14.2. The molecule has 3 N–H and O–H groups in total. The molecule has 582 valence electrons. The van der Waals surface area contributed by atoms with Gasteiger partial charge in [0, 0.05) is 25.7 Å². The molecular weight excluding hydrogens is 1280 g/mol. The zero-order valence-electron chi connectivity index (χ0n) is 64.4. The number of aliphatic hydroxyl groups is 1. The lowest BCUT2D eigenvalue weighted by molar-refractivity contribution is -0.161. The highest BCUT2D eigenvalue weighted by atomic mass is 31.2. The summed E-state index contributed by atoms with van der Waals surface area (Å²) in [7, 11) is -9.92. The summed E-state index contributed by atoms with van der Waals surface area (Å²) >= 11 is 0. The summed E-state index contributed by atoms with van der Waals surface area (Å²) in [4.78, 5) is 72.9. The van der Waals surface area contributed by atoms with Gasteiger partial charge in [-0.25, -0.2) is 9.13 Å². The zero-order chi connectivity index (χ0) is 72.4. The molecule has 0 bridgehead atoms. The number of rotatable bonds is 76. The second-order valence-corrected chi connectivity index (χ2v) is 33.0. The van der Waals surface area contributed by atoms with Crippen LogP contribution in [0.5, 0.6) is 0 Å². The first kappa shape index (κ1) is 96.1. The SMILES string of the molecule is CCC(C)CCCCCCCCC(=O)OC[C@H](COP(=O)(O)OC[C@H](O)COP(=O)(O)OC[C@@H](COC(=O)CCCCCCCCCCCCCCCCC(C)C)OC(=O)CCCCCCCCCC(C)C)OC(=O)CCCCCCCCCCCCCCCCCCCCC(C)C. The standard InChI is InChI=1S/C79H154O17P2/c1-9-72(8)58-50-42-37-38-44-52-60-77(82)90-66-75(95-78(83)61-53-45-35-29-25-21-15-13-11-10-12-14-18-22-26-31-39-47-55-69(2)3)68-94-98(87,88)92-64-73(80)63-91-97(85,86)93-67-74(96-79(84)62-54-46-36-30-33-41-49-57-71(6)7)65-89-76(81)59-51-43-34-28-24-20-17-16-19-23-27-32-40-48-56-70(4)5/h69-75,80H,9-68H2,1-8H3,(H,85,86)(H,87,88)/t72?,73-,74-,75-/m1/s1. The lowest BCUT2D eigenvalue weighted by Gasteiger charge is -2.21. The van der Waals surface area contributed by atoms with Crippen LogP contribution in [0.1, 0.15) is 402 Å². The number of phosphoric acid groups is 2. The number of hydrogen-bond acceptors (Lipinski definition) is 15. The topological polar surface area (TPSA) is 237 Å². The summed E-state index contributed by atoms with van der Waals surface area (Å²) in [6, 6.07) is 0. The van der Waals surface area contributed by atoms with Crippen molar-refractivity contribution in [3.05, 3.63) is 0 Å². The predicted octanol–water partition coefficient (Wildman–Crippen LogP) is 23.2. The van der Waals surface area contributed by atoms with Crippen molar-refractivity contribution in [2.75, 3.05) is 39.6 Å². The summed E-state index contributed by atoms with van der Waals surface area (Å²) in [5, 5.41) is 10.6. The van der Waals surface area contributed by atoms with Crippen molar-refractivity contribution in [2.45, 2.75) is 420 Å². The number of esters is 4. The van der Waals surface area contributed by atoms with E-state index in [-0.39, 0.29) is 25.7 Å². The van der Waals surface area contributed by atoms with Crippen LogP contribution in [0.25, 0.3) is 0 Å². The van der Waals surface area contributed by atoms with Crippen LogP contribution in [0, 0.1) is 23.7 Å². The third-order valence-corrected chi connectivity index (χ3v) is 20.6. The summed E-state index contributed by atoms with van der Waals surface area (Å²) in [5.74, 6) is 0.925. The maximum atomic E-state index is 13.1. The highest BCUT2D eigenvalue weighted by Crippen LogP contribution is 2.45. The summed E-state index contributed by atoms with van der Waals surface area (Å²) in [6.07, 6.45) is 54.4. The van der Waals surface area contributed by atoms with E-state index < -0.39 is 97.5 Å². The van der Waals surface area contributed by atoms with E-state index in [0.717, 1.165) is 114 Å². The van der Waals surface area contributed by atoms with Gasteiger partial charge in [0.1, 0.15) is 19.3 Å². The van der Waals surface area contributed by atoms with Gasteiger partial charge in [0.15, 0.2) is 12.2 Å². The molecule has 0 amide bonds. The third-order valence-electron chi connectivity index (χ3n) is 18.7. The van der Waals surface area contributed by atoms with E-state index in [1.807, 2.05) is 0 Å². The number of carbonyl (C=O) groups excluding carboxylic acids is 4. The Labute approximate surface area is 600 Å². The van der Waals surface area contributed by atoms with Crippen LogP contribution in [0.2, 0.25) is 0 Å². The molecule has 0 heterocycles. The minimum Gasteiger partial charge on any atom is -0.462 e. The molecule has 0 fully saturated rings. The van der Waals surface area contributed by atoms with Crippen molar-refractivity contribution < 1.29 is 80.2 Å². The van der Waals surface area contributed by atoms with Gasteiger partial charge in [-0.2, -0.15) is 0 Å². The molecule has 0 spiro atoms. The molecule has 0 aliphatic carbocycles. The Kier molecular flexibility index (Phi) is 66.8. The van der Waals surface area contributed by atoms with Gasteiger partial charge in [-0.1, -0.05) is 351 Å². The molecule has 0 radical (unpaired) electrons. The van der Waals surface area contributed by atoms with Crippen molar-refractivity contribution in [1.82, 2.24) is 0 Å². The molecule has 0 aliphatic rings. The fourth-order valence-corrected chi connectivity index (χ4v) is 13.6. The molecule has 0 saturated carbocycles. The van der Waals surface area contributed by atoms with Crippen molar-refractivity contribution in [1.29, 1.82) is 0 Å². The van der Waals surface area contributed by atoms with Gasteiger partial charge in [0.2, 0.25) is 0 Å². The van der Waals surface area contributed by atoms with E-state index in [9.17, 15) is 43.2 Å². The third kappa shape index (κ3) is 71.1. The first-order valence-electron chi connectivity index (χ1n) is 40.7. The van der Waals surface area contributed by atoms with E-state index in [4.69, 9.17) is 37.0 Å². The van der Waals surface area contributed by atoms with Crippen molar-refractivity contribution >= 4 is 39.5 Å². The first-order valence-corrected chi connectivity index (χ1v) is 43.7. The molecule has 0 aromatic rings. The molecule has 6 atom stereocenters. The van der Waals surface area contributed by atoms with Crippen LogP contribution >= 0.6 is 15.6 Å². The number of carbonyl (C=O) groups is 4. The van der Waals surface area contributed by atoms with Crippen LogP contribution in [-0.2, 0) is 65.4 Å². The Morgan fingerprint density at radius 3 is 0.724 bits per heavy atom. The fraction of sp³-hybridized carbons (Fsp3) is 0.949. The second-order valence-electron chi connectivity index (χ2n) is 30.1. The van der Waals surface area contributed by atoms with Gasteiger partial charge in [-0.05, 0) is 49.4 Å². The molecule has 3 unspecified atom stereocenters. The first-order chi connectivity index (χ1) is 47.1. The van der Waals surface area contributed by atoms with Gasteiger partial charge < -0.3 is 33.8 Å². The Balaban J connectivity index is 5.15. The van der Waals surface area contributed by atoms with Crippen LogP contribution in [0.3, 0.4) is 0 Å². The molecule has 17 nitrogen and oxygen atoms in total. The average molecular weight is 1440 g/mol. The number of ether oxygens (including phenoxy) is 4. The molecule has 0 aliphatic heterocycles. The molecule has 0 aromatic carbocycles. The average Bonchev–Trinajstić information content (AvgIpc) is 1.03. The Morgan fingerprint density at radius 1 is 0.286 bits per heavy atom. The van der Waals surface area contributed by atoms with Crippen LogP contribution in [0.4, 0.5) is 0 Å². The second kappa shape index (κ2) is 68.2. The van der Waals surface area contributed by atoms with Gasteiger partial charge in [0.05, 0.1) is 26.4 Å².